The predicted molar refractivity (Wildman–Crippen MR) is 105 cm³/mol. The van der Waals surface area contributed by atoms with Crippen molar-refractivity contribution in [3.63, 3.8) is 0 Å². The van der Waals surface area contributed by atoms with E-state index in [1.807, 2.05) is 42.5 Å². The number of pyridine rings is 1. The lowest BCUT2D eigenvalue weighted by molar-refractivity contribution is 0.249. The Balaban J connectivity index is 2.06. The lowest BCUT2D eigenvalue weighted by Gasteiger charge is -2.21. The van der Waals surface area contributed by atoms with Crippen molar-refractivity contribution in [3.05, 3.63) is 59.9 Å². The molecule has 3 rings (SSSR count). The van der Waals surface area contributed by atoms with Gasteiger partial charge in [0.25, 0.3) is 0 Å². The second-order valence-corrected chi connectivity index (χ2v) is 6.82. The zero-order valence-corrected chi connectivity index (χ0v) is 15.5. The van der Waals surface area contributed by atoms with Crippen LogP contribution in [0.15, 0.2) is 54.9 Å². The lowest BCUT2D eigenvalue weighted by Crippen LogP contribution is -2.30. The molecule has 0 saturated heterocycles. The van der Waals surface area contributed by atoms with Crippen molar-refractivity contribution in [3.8, 4) is 22.6 Å². The van der Waals surface area contributed by atoms with E-state index in [4.69, 9.17) is 11.6 Å². The molecule has 2 aromatic heterocycles. The van der Waals surface area contributed by atoms with E-state index >= 15 is 0 Å². The summed E-state index contributed by atoms with van der Waals surface area (Å²) < 4.78 is 0. The van der Waals surface area contributed by atoms with Crippen molar-refractivity contribution < 1.29 is 5.11 Å². The number of anilines is 1. The summed E-state index contributed by atoms with van der Waals surface area (Å²) in [6.07, 6.45) is 3.45. The molecular formula is C20H21ClN4O. The molecule has 0 amide bonds. The van der Waals surface area contributed by atoms with Gasteiger partial charge in [-0.25, -0.2) is 9.97 Å². The quantitative estimate of drug-likeness (QED) is 0.679. The van der Waals surface area contributed by atoms with E-state index < -0.39 is 0 Å². The normalized spacial score (nSPS) is 12.2. The first-order chi connectivity index (χ1) is 12.6. The van der Waals surface area contributed by atoms with Crippen molar-refractivity contribution in [2.45, 2.75) is 19.9 Å². The number of benzene rings is 1. The molecule has 0 saturated carbocycles. The molecule has 0 aliphatic carbocycles. The third kappa shape index (κ3) is 4.36. The maximum Gasteiger partial charge on any atom is 0.163 e. The van der Waals surface area contributed by atoms with Crippen LogP contribution in [0.5, 0.6) is 0 Å². The molecule has 3 aromatic rings. The highest BCUT2D eigenvalue weighted by molar-refractivity contribution is 6.30. The minimum atomic E-state index is -0.0929. The Hall–Kier alpha value is -2.50. The topological polar surface area (TPSA) is 70.9 Å². The van der Waals surface area contributed by atoms with Crippen molar-refractivity contribution in [1.29, 1.82) is 0 Å². The highest BCUT2D eigenvalue weighted by atomic mass is 35.5. The van der Waals surface area contributed by atoms with Crippen molar-refractivity contribution in [2.24, 2.45) is 5.92 Å². The fraction of sp³-hybridized carbons (Fsp3) is 0.250. The van der Waals surface area contributed by atoms with Crippen LogP contribution in [0.25, 0.3) is 22.6 Å². The smallest absolute Gasteiger partial charge is 0.163 e. The van der Waals surface area contributed by atoms with Gasteiger partial charge in [-0.2, -0.15) is 0 Å². The molecule has 0 fully saturated rings. The third-order valence-corrected chi connectivity index (χ3v) is 4.37. The van der Waals surface area contributed by atoms with Crippen LogP contribution in [0.2, 0.25) is 5.02 Å². The SMILES string of the molecule is CC(C)[C@H](CO)Nc1cc(-c2ccc(Cl)cc2)nc(-c2cccnc2)n1. The highest BCUT2D eigenvalue weighted by Crippen LogP contribution is 2.26. The van der Waals surface area contributed by atoms with Gasteiger partial charge in [0.05, 0.1) is 18.3 Å². The largest absolute Gasteiger partial charge is 0.394 e. The third-order valence-electron chi connectivity index (χ3n) is 4.12. The Labute approximate surface area is 158 Å². The summed E-state index contributed by atoms with van der Waals surface area (Å²) in [5.74, 6) is 1.50. The molecule has 26 heavy (non-hydrogen) atoms. The minimum Gasteiger partial charge on any atom is -0.394 e. The maximum atomic E-state index is 9.63. The Morgan fingerprint density at radius 1 is 1.08 bits per heavy atom. The van der Waals surface area contributed by atoms with Gasteiger partial charge in [0.2, 0.25) is 0 Å². The van der Waals surface area contributed by atoms with E-state index in [2.05, 4.69) is 34.1 Å². The van der Waals surface area contributed by atoms with Crippen LogP contribution in [0.4, 0.5) is 5.82 Å². The summed E-state index contributed by atoms with van der Waals surface area (Å²) >= 11 is 6.00. The van der Waals surface area contributed by atoms with Crippen LogP contribution in [-0.2, 0) is 0 Å². The first-order valence-electron chi connectivity index (χ1n) is 8.49. The van der Waals surface area contributed by atoms with E-state index in [0.29, 0.717) is 16.7 Å². The van der Waals surface area contributed by atoms with Crippen LogP contribution in [0.1, 0.15) is 13.8 Å². The molecule has 5 nitrogen and oxygen atoms in total. The van der Waals surface area contributed by atoms with Gasteiger partial charge in [0.1, 0.15) is 5.82 Å². The number of aliphatic hydroxyl groups excluding tert-OH is 1. The summed E-state index contributed by atoms with van der Waals surface area (Å²) in [6, 6.07) is 13.1. The predicted octanol–water partition coefficient (Wildman–Crippen LogP) is 4.29. The number of hydrogen-bond donors (Lipinski definition) is 2. The zero-order chi connectivity index (χ0) is 18.5. The van der Waals surface area contributed by atoms with Gasteiger partial charge in [0.15, 0.2) is 5.82 Å². The molecule has 6 heteroatoms. The summed E-state index contributed by atoms with van der Waals surface area (Å²) in [4.78, 5) is 13.5. The summed E-state index contributed by atoms with van der Waals surface area (Å²) in [6.45, 7) is 4.13. The first-order valence-corrected chi connectivity index (χ1v) is 8.87. The van der Waals surface area contributed by atoms with Crippen molar-refractivity contribution in [2.75, 3.05) is 11.9 Å². The Bertz CT molecular complexity index is 853. The van der Waals surface area contributed by atoms with Crippen LogP contribution in [0, 0.1) is 5.92 Å². The summed E-state index contributed by atoms with van der Waals surface area (Å²) in [5.41, 5.74) is 2.55. The number of nitrogens with one attached hydrogen (secondary N) is 1. The van der Waals surface area contributed by atoms with Crippen molar-refractivity contribution in [1.82, 2.24) is 15.0 Å². The summed E-state index contributed by atoms with van der Waals surface area (Å²) in [7, 11) is 0. The Morgan fingerprint density at radius 2 is 1.85 bits per heavy atom. The number of hydrogen-bond acceptors (Lipinski definition) is 5. The number of nitrogens with zero attached hydrogens (tertiary/aromatic N) is 3. The van der Waals surface area contributed by atoms with Crippen LogP contribution >= 0.6 is 11.6 Å². The second kappa shape index (κ2) is 8.25. The van der Waals surface area contributed by atoms with Gasteiger partial charge in [0, 0.05) is 34.6 Å². The molecule has 2 heterocycles. The molecule has 0 aliphatic heterocycles. The van der Waals surface area contributed by atoms with Crippen LogP contribution in [0.3, 0.4) is 0 Å². The van der Waals surface area contributed by atoms with Crippen LogP contribution in [-0.4, -0.2) is 32.7 Å². The molecule has 0 aliphatic rings. The second-order valence-electron chi connectivity index (χ2n) is 6.39. The molecule has 1 aromatic carbocycles. The number of rotatable bonds is 6. The van der Waals surface area contributed by atoms with E-state index in [9.17, 15) is 5.11 Å². The minimum absolute atomic E-state index is 0.0280. The van der Waals surface area contributed by atoms with Crippen molar-refractivity contribution >= 4 is 17.4 Å². The number of halogens is 1. The maximum absolute atomic E-state index is 9.63. The van der Waals surface area contributed by atoms with Gasteiger partial charge >= 0.3 is 0 Å². The fourth-order valence-corrected chi connectivity index (χ4v) is 2.65. The summed E-state index contributed by atoms with van der Waals surface area (Å²) in [5, 5.41) is 13.6. The van der Waals surface area contributed by atoms with E-state index in [-0.39, 0.29) is 18.6 Å². The highest BCUT2D eigenvalue weighted by Gasteiger charge is 2.15. The molecule has 134 valence electrons. The van der Waals surface area contributed by atoms with Gasteiger partial charge in [-0.15, -0.1) is 0 Å². The Morgan fingerprint density at radius 3 is 2.46 bits per heavy atom. The standard InChI is InChI=1S/C20H21ClN4O/c1-13(2)18(12-26)23-19-10-17(14-5-7-16(21)8-6-14)24-20(25-19)15-4-3-9-22-11-15/h3-11,13,18,26H,12H2,1-2H3,(H,23,24,25)/t18-/m0/s1. The van der Waals surface area contributed by atoms with E-state index in [1.165, 1.54) is 0 Å². The molecular weight excluding hydrogens is 348 g/mol. The average molecular weight is 369 g/mol. The lowest BCUT2D eigenvalue weighted by atomic mass is 10.1. The van der Waals surface area contributed by atoms with Crippen LogP contribution < -0.4 is 5.32 Å². The molecule has 0 bridgehead atoms. The molecule has 0 spiro atoms. The number of aromatic nitrogens is 3. The van der Waals surface area contributed by atoms with Gasteiger partial charge < -0.3 is 10.4 Å². The molecule has 0 unspecified atom stereocenters. The molecule has 0 radical (unpaired) electrons. The first kappa shape index (κ1) is 18.3. The van der Waals surface area contributed by atoms with E-state index in [0.717, 1.165) is 16.8 Å². The van der Waals surface area contributed by atoms with Gasteiger partial charge in [-0.3, -0.25) is 4.98 Å². The number of aliphatic hydroxyl groups is 1. The average Bonchev–Trinajstić information content (AvgIpc) is 2.67. The van der Waals surface area contributed by atoms with E-state index in [1.54, 1.807) is 12.4 Å². The van der Waals surface area contributed by atoms with Gasteiger partial charge in [-0.1, -0.05) is 37.6 Å². The van der Waals surface area contributed by atoms with Gasteiger partial charge in [-0.05, 0) is 30.2 Å². The molecule has 1 atom stereocenters. The fourth-order valence-electron chi connectivity index (χ4n) is 2.53. The Kier molecular flexibility index (Phi) is 5.81. The zero-order valence-electron chi connectivity index (χ0n) is 14.7. The monoisotopic (exact) mass is 368 g/mol. The molecule has 2 N–H and O–H groups in total.